The van der Waals surface area contributed by atoms with E-state index in [0.717, 1.165) is 16.8 Å². The number of benzene rings is 1. The Hall–Kier alpha value is -1.00. The summed E-state index contributed by atoms with van der Waals surface area (Å²) in [4.78, 5) is 0. The minimum Gasteiger partial charge on any atom is -0.384 e. The maximum Gasteiger partial charge on any atom is 0.119 e. The van der Waals surface area contributed by atoms with Crippen LogP contribution in [0.25, 0.3) is 5.57 Å². The van der Waals surface area contributed by atoms with E-state index in [4.69, 9.17) is 5.73 Å². The quantitative estimate of drug-likeness (QED) is 0.822. The van der Waals surface area contributed by atoms with Crippen molar-refractivity contribution in [3.05, 3.63) is 40.1 Å². The Morgan fingerprint density at radius 3 is 2.10 bits per heavy atom. The second kappa shape index (κ2) is 5.33. The van der Waals surface area contributed by atoms with Gasteiger partial charge in [0, 0.05) is 27.7 Å². The van der Waals surface area contributed by atoms with Crippen molar-refractivity contribution in [2.75, 3.05) is 6.54 Å². The van der Waals surface area contributed by atoms with Crippen LogP contribution < -0.4 is 5.73 Å². The summed E-state index contributed by atoms with van der Waals surface area (Å²) >= 11 is 3.55. The molecule has 1 aromatic rings. The van der Waals surface area contributed by atoms with Crippen molar-refractivity contribution in [1.82, 2.24) is 10.0 Å². The van der Waals surface area contributed by atoms with Gasteiger partial charge < -0.3 is 5.73 Å². The fourth-order valence-electron chi connectivity index (χ4n) is 2.74. The van der Waals surface area contributed by atoms with Crippen LogP contribution in [0.15, 0.2) is 34.6 Å². The first-order valence-electron chi connectivity index (χ1n) is 7.34. The molecule has 2 N–H and O–H groups in total. The summed E-state index contributed by atoms with van der Waals surface area (Å²) in [5, 5.41) is 4.60. The van der Waals surface area contributed by atoms with Gasteiger partial charge in [-0.25, -0.2) is 5.01 Å². The van der Waals surface area contributed by atoms with E-state index >= 15 is 0 Å². The van der Waals surface area contributed by atoms with Crippen molar-refractivity contribution < 1.29 is 0 Å². The summed E-state index contributed by atoms with van der Waals surface area (Å²) in [6, 6.07) is 8.36. The zero-order valence-corrected chi connectivity index (χ0v) is 15.5. The largest absolute Gasteiger partial charge is 0.384 e. The van der Waals surface area contributed by atoms with E-state index in [1.54, 1.807) is 0 Å². The molecule has 0 fully saturated rings. The van der Waals surface area contributed by atoms with Gasteiger partial charge in [-0.15, -0.1) is 0 Å². The normalized spacial score (nSPS) is 17.8. The summed E-state index contributed by atoms with van der Waals surface area (Å²) in [7, 11) is 0. The topological polar surface area (TPSA) is 32.5 Å². The lowest BCUT2D eigenvalue weighted by molar-refractivity contribution is -0.0935. The first-order valence-corrected chi connectivity index (χ1v) is 8.13. The van der Waals surface area contributed by atoms with E-state index in [1.807, 2.05) is 6.07 Å². The Bertz CT molecular complexity index is 564. The van der Waals surface area contributed by atoms with Crippen LogP contribution in [0.4, 0.5) is 0 Å². The van der Waals surface area contributed by atoms with Crippen LogP contribution in [0.2, 0.25) is 0 Å². The molecule has 0 aromatic heterocycles. The standard InChI is InChI=1S/C17H26BrN3/c1-16(2,3)20-11-14(12-8-7-9-13(18)10-12)15(19)21(20)17(4,5)6/h7-10H,11,19H2,1-6H3. The highest BCUT2D eigenvalue weighted by Gasteiger charge is 2.41. The third kappa shape index (κ3) is 3.27. The molecular formula is C17H26BrN3. The van der Waals surface area contributed by atoms with Gasteiger partial charge in [0.25, 0.3) is 0 Å². The lowest BCUT2D eigenvalue weighted by Gasteiger charge is -2.47. The Kier molecular flexibility index (Phi) is 4.15. The maximum absolute atomic E-state index is 6.53. The summed E-state index contributed by atoms with van der Waals surface area (Å²) < 4.78 is 1.08. The lowest BCUT2D eigenvalue weighted by atomic mass is 10.0. The van der Waals surface area contributed by atoms with Gasteiger partial charge in [-0.3, -0.25) is 5.01 Å². The zero-order chi connectivity index (χ0) is 16.0. The van der Waals surface area contributed by atoms with Gasteiger partial charge in [-0.2, -0.15) is 0 Å². The first kappa shape index (κ1) is 16.4. The van der Waals surface area contributed by atoms with E-state index in [9.17, 15) is 0 Å². The van der Waals surface area contributed by atoms with Crippen LogP contribution in [0.1, 0.15) is 47.1 Å². The summed E-state index contributed by atoms with van der Waals surface area (Å²) in [6.45, 7) is 14.1. The Labute approximate surface area is 136 Å². The van der Waals surface area contributed by atoms with Crippen LogP contribution in [0.3, 0.4) is 0 Å². The average Bonchev–Trinajstić information content (AvgIpc) is 2.66. The maximum atomic E-state index is 6.53. The molecule has 0 saturated carbocycles. The third-order valence-electron chi connectivity index (χ3n) is 3.67. The molecule has 2 rings (SSSR count). The molecule has 0 radical (unpaired) electrons. The zero-order valence-electron chi connectivity index (χ0n) is 13.9. The fourth-order valence-corrected chi connectivity index (χ4v) is 3.13. The van der Waals surface area contributed by atoms with Crippen LogP contribution in [-0.4, -0.2) is 27.6 Å². The molecule has 0 unspecified atom stereocenters. The predicted molar refractivity (Wildman–Crippen MR) is 93.3 cm³/mol. The van der Waals surface area contributed by atoms with E-state index in [0.29, 0.717) is 0 Å². The van der Waals surface area contributed by atoms with Gasteiger partial charge in [0.2, 0.25) is 0 Å². The first-order chi connectivity index (χ1) is 9.51. The monoisotopic (exact) mass is 351 g/mol. The van der Waals surface area contributed by atoms with Gasteiger partial charge in [0.05, 0.1) is 0 Å². The molecule has 1 aromatic carbocycles. The molecule has 0 spiro atoms. The molecule has 0 amide bonds. The predicted octanol–water partition coefficient (Wildman–Crippen LogP) is 4.21. The molecule has 1 heterocycles. The van der Waals surface area contributed by atoms with E-state index in [-0.39, 0.29) is 11.1 Å². The van der Waals surface area contributed by atoms with Crippen molar-refractivity contribution in [1.29, 1.82) is 0 Å². The van der Waals surface area contributed by atoms with E-state index < -0.39 is 0 Å². The number of halogens is 1. The smallest absolute Gasteiger partial charge is 0.119 e. The van der Waals surface area contributed by atoms with Gasteiger partial charge in [-0.1, -0.05) is 28.1 Å². The summed E-state index contributed by atoms with van der Waals surface area (Å²) in [5.74, 6) is 0.857. The molecule has 0 saturated heterocycles. The average molecular weight is 352 g/mol. The number of hydrogen-bond acceptors (Lipinski definition) is 3. The molecule has 0 bridgehead atoms. The second-order valence-corrected chi connectivity index (χ2v) is 8.50. The summed E-state index contributed by atoms with van der Waals surface area (Å²) in [5.41, 5.74) is 8.87. The number of nitrogens with zero attached hydrogens (tertiary/aromatic N) is 2. The van der Waals surface area contributed by atoms with Crippen molar-refractivity contribution in [3.8, 4) is 0 Å². The van der Waals surface area contributed by atoms with Gasteiger partial charge >= 0.3 is 0 Å². The van der Waals surface area contributed by atoms with Crippen LogP contribution >= 0.6 is 15.9 Å². The molecule has 0 atom stereocenters. The Balaban J connectivity index is 2.50. The minimum absolute atomic E-state index is 0.0195. The molecule has 21 heavy (non-hydrogen) atoms. The fraction of sp³-hybridized carbons (Fsp3) is 0.529. The summed E-state index contributed by atoms with van der Waals surface area (Å²) in [6.07, 6.45) is 0. The van der Waals surface area contributed by atoms with Crippen LogP contribution in [0.5, 0.6) is 0 Å². The molecule has 1 aliphatic heterocycles. The molecule has 0 aliphatic carbocycles. The lowest BCUT2D eigenvalue weighted by Crippen LogP contribution is -2.57. The van der Waals surface area contributed by atoms with Crippen molar-refractivity contribution in [3.63, 3.8) is 0 Å². The minimum atomic E-state index is -0.0505. The van der Waals surface area contributed by atoms with Gasteiger partial charge in [0.15, 0.2) is 0 Å². The van der Waals surface area contributed by atoms with Crippen LogP contribution in [0, 0.1) is 0 Å². The molecular weight excluding hydrogens is 326 g/mol. The number of hydrogen-bond donors (Lipinski definition) is 1. The third-order valence-corrected chi connectivity index (χ3v) is 4.16. The highest BCUT2D eigenvalue weighted by atomic mass is 79.9. The van der Waals surface area contributed by atoms with Crippen molar-refractivity contribution >= 4 is 21.5 Å². The highest BCUT2D eigenvalue weighted by molar-refractivity contribution is 9.10. The van der Waals surface area contributed by atoms with Crippen molar-refractivity contribution in [2.45, 2.75) is 52.6 Å². The molecule has 4 heteroatoms. The van der Waals surface area contributed by atoms with E-state index in [2.05, 4.69) is 85.7 Å². The van der Waals surface area contributed by atoms with Crippen LogP contribution in [-0.2, 0) is 0 Å². The van der Waals surface area contributed by atoms with Crippen molar-refractivity contribution in [2.24, 2.45) is 5.73 Å². The molecule has 3 nitrogen and oxygen atoms in total. The van der Waals surface area contributed by atoms with E-state index in [1.165, 1.54) is 11.1 Å². The Morgan fingerprint density at radius 1 is 1.05 bits per heavy atom. The SMILES string of the molecule is CC(C)(C)N1CC(c2cccc(Br)c2)=C(N)N1C(C)(C)C. The highest BCUT2D eigenvalue weighted by Crippen LogP contribution is 2.37. The number of rotatable bonds is 1. The molecule has 116 valence electrons. The number of nitrogens with two attached hydrogens (primary N) is 1. The second-order valence-electron chi connectivity index (χ2n) is 7.59. The number of hydrazine groups is 1. The Morgan fingerprint density at radius 2 is 1.67 bits per heavy atom. The van der Waals surface area contributed by atoms with Gasteiger partial charge in [0.1, 0.15) is 5.82 Å². The molecule has 1 aliphatic rings. The van der Waals surface area contributed by atoms with Gasteiger partial charge in [-0.05, 0) is 59.2 Å².